The lowest BCUT2D eigenvalue weighted by atomic mass is 9.84. The van der Waals surface area contributed by atoms with E-state index in [1.807, 2.05) is 0 Å². The largest absolute Gasteiger partial charge is 0.325 e. The van der Waals surface area contributed by atoms with Gasteiger partial charge in [0, 0.05) is 5.54 Å². The maximum atomic E-state index is 6.56. The number of hydrogen-bond donors (Lipinski definition) is 1. The molecule has 2 rings (SSSR count). The lowest BCUT2D eigenvalue weighted by molar-refractivity contribution is 0.368. The molecule has 0 amide bonds. The number of benzene rings is 1. The summed E-state index contributed by atoms with van der Waals surface area (Å²) in [4.78, 5) is 0. The zero-order valence-corrected chi connectivity index (χ0v) is 10.3. The fraction of sp³-hybridized carbons (Fsp3) is 0.600. The summed E-state index contributed by atoms with van der Waals surface area (Å²) in [5.74, 6) is 0. The second-order valence-corrected chi connectivity index (χ2v) is 5.38. The highest BCUT2D eigenvalue weighted by atomic mass is 14.7. The molecule has 0 atom stereocenters. The van der Waals surface area contributed by atoms with E-state index >= 15 is 0 Å². The third-order valence-electron chi connectivity index (χ3n) is 3.90. The van der Waals surface area contributed by atoms with Crippen molar-refractivity contribution in [2.24, 2.45) is 5.73 Å². The minimum absolute atomic E-state index is 0.0581. The van der Waals surface area contributed by atoms with E-state index in [4.69, 9.17) is 5.73 Å². The monoisotopic (exact) mass is 217 g/mol. The Balaban J connectivity index is 2.10. The van der Waals surface area contributed by atoms with Gasteiger partial charge in [0.25, 0.3) is 0 Å². The van der Waals surface area contributed by atoms with Gasteiger partial charge in [0.2, 0.25) is 0 Å². The maximum absolute atomic E-state index is 6.56. The van der Waals surface area contributed by atoms with Crippen molar-refractivity contribution in [2.45, 2.75) is 57.4 Å². The highest BCUT2D eigenvalue weighted by molar-refractivity contribution is 5.27. The topological polar surface area (TPSA) is 26.0 Å². The van der Waals surface area contributed by atoms with Crippen LogP contribution < -0.4 is 5.73 Å². The van der Waals surface area contributed by atoms with Gasteiger partial charge in [0.1, 0.15) is 0 Å². The highest BCUT2D eigenvalue weighted by Gasteiger charge is 2.26. The summed E-state index contributed by atoms with van der Waals surface area (Å²) in [5, 5.41) is 0. The molecule has 0 spiro atoms. The number of nitrogens with two attached hydrogens (primary N) is 1. The summed E-state index contributed by atoms with van der Waals surface area (Å²) < 4.78 is 0. The lowest BCUT2D eigenvalue weighted by Gasteiger charge is -2.28. The minimum Gasteiger partial charge on any atom is -0.325 e. The van der Waals surface area contributed by atoms with Crippen molar-refractivity contribution in [3.05, 3.63) is 35.4 Å². The SMILES string of the molecule is Cc1ccccc1CC1(N)CCCCCC1. The first-order valence-electron chi connectivity index (χ1n) is 6.53. The van der Waals surface area contributed by atoms with Crippen LogP contribution in [-0.4, -0.2) is 5.54 Å². The van der Waals surface area contributed by atoms with Crippen LogP contribution in [0, 0.1) is 6.92 Å². The maximum Gasteiger partial charge on any atom is 0.0195 e. The van der Waals surface area contributed by atoms with Gasteiger partial charge in [-0.2, -0.15) is 0 Å². The first kappa shape index (κ1) is 11.7. The van der Waals surface area contributed by atoms with Crippen LogP contribution in [0.2, 0.25) is 0 Å². The molecule has 0 radical (unpaired) electrons. The van der Waals surface area contributed by atoms with Crippen LogP contribution in [0.3, 0.4) is 0 Å². The standard InChI is InChI=1S/C15H23N/c1-13-8-4-5-9-14(13)12-15(16)10-6-2-3-7-11-15/h4-5,8-9H,2-3,6-7,10-12,16H2,1H3. The molecule has 1 aliphatic rings. The van der Waals surface area contributed by atoms with Crippen molar-refractivity contribution >= 4 is 0 Å². The Labute approximate surface area is 99.0 Å². The second-order valence-electron chi connectivity index (χ2n) is 5.38. The van der Waals surface area contributed by atoms with Gasteiger partial charge in [0.05, 0.1) is 0 Å². The van der Waals surface area contributed by atoms with Gasteiger partial charge in [-0.25, -0.2) is 0 Å². The van der Waals surface area contributed by atoms with E-state index in [-0.39, 0.29) is 5.54 Å². The first-order valence-corrected chi connectivity index (χ1v) is 6.53. The molecule has 0 bridgehead atoms. The molecule has 0 saturated heterocycles. The van der Waals surface area contributed by atoms with E-state index in [0.29, 0.717) is 0 Å². The average Bonchev–Trinajstić information content (AvgIpc) is 2.47. The fourth-order valence-electron chi connectivity index (χ4n) is 2.80. The summed E-state index contributed by atoms with van der Waals surface area (Å²) in [5.41, 5.74) is 9.44. The van der Waals surface area contributed by atoms with Crippen molar-refractivity contribution in [2.75, 3.05) is 0 Å². The molecular weight excluding hydrogens is 194 g/mol. The Kier molecular flexibility index (Phi) is 3.65. The van der Waals surface area contributed by atoms with Crippen LogP contribution in [0.5, 0.6) is 0 Å². The summed E-state index contributed by atoms with van der Waals surface area (Å²) in [6.07, 6.45) is 8.80. The number of hydrogen-bond acceptors (Lipinski definition) is 1. The van der Waals surface area contributed by atoms with Crippen molar-refractivity contribution in [3.8, 4) is 0 Å². The molecule has 1 fully saturated rings. The van der Waals surface area contributed by atoms with Gasteiger partial charge in [-0.05, 0) is 37.3 Å². The van der Waals surface area contributed by atoms with Crippen LogP contribution in [-0.2, 0) is 6.42 Å². The molecule has 0 heterocycles. The smallest absolute Gasteiger partial charge is 0.0195 e. The number of rotatable bonds is 2. The van der Waals surface area contributed by atoms with Crippen molar-refractivity contribution in [1.29, 1.82) is 0 Å². The van der Waals surface area contributed by atoms with Gasteiger partial charge in [-0.15, -0.1) is 0 Å². The molecule has 1 nitrogen and oxygen atoms in total. The normalized spacial score (nSPS) is 20.4. The summed E-state index contributed by atoms with van der Waals surface area (Å²) in [6.45, 7) is 2.19. The van der Waals surface area contributed by atoms with E-state index in [1.54, 1.807) is 0 Å². The third kappa shape index (κ3) is 2.85. The molecule has 1 saturated carbocycles. The van der Waals surface area contributed by atoms with Gasteiger partial charge in [-0.3, -0.25) is 0 Å². The van der Waals surface area contributed by atoms with Gasteiger partial charge >= 0.3 is 0 Å². The molecule has 1 aliphatic carbocycles. The quantitative estimate of drug-likeness (QED) is 0.753. The Morgan fingerprint density at radius 1 is 1.06 bits per heavy atom. The van der Waals surface area contributed by atoms with E-state index in [2.05, 4.69) is 31.2 Å². The predicted molar refractivity (Wildman–Crippen MR) is 69.5 cm³/mol. The molecule has 0 aliphatic heterocycles. The van der Waals surface area contributed by atoms with Crippen molar-refractivity contribution < 1.29 is 0 Å². The second kappa shape index (κ2) is 5.01. The van der Waals surface area contributed by atoms with Crippen LogP contribution in [0.4, 0.5) is 0 Å². The predicted octanol–water partition coefficient (Wildman–Crippen LogP) is 3.59. The van der Waals surface area contributed by atoms with Gasteiger partial charge in [0.15, 0.2) is 0 Å². The third-order valence-corrected chi connectivity index (χ3v) is 3.90. The average molecular weight is 217 g/mol. The highest BCUT2D eigenvalue weighted by Crippen LogP contribution is 2.28. The zero-order valence-electron chi connectivity index (χ0n) is 10.3. The van der Waals surface area contributed by atoms with Gasteiger partial charge in [-0.1, -0.05) is 49.9 Å². The first-order chi connectivity index (χ1) is 7.70. The zero-order chi connectivity index (χ0) is 11.4. The minimum atomic E-state index is 0.0581. The summed E-state index contributed by atoms with van der Waals surface area (Å²) >= 11 is 0. The van der Waals surface area contributed by atoms with Crippen LogP contribution in [0.15, 0.2) is 24.3 Å². The Bertz CT molecular complexity index is 335. The van der Waals surface area contributed by atoms with E-state index in [0.717, 1.165) is 6.42 Å². The molecule has 1 aromatic rings. The van der Waals surface area contributed by atoms with E-state index in [9.17, 15) is 0 Å². The van der Waals surface area contributed by atoms with E-state index < -0.39 is 0 Å². The lowest BCUT2D eigenvalue weighted by Crippen LogP contribution is -2.41. The van der Waals surface area contributed by atoms with Crippen LogP contribution >= 0.6 is 0 Å². The molecule has 88 valence electrons. The Hall–Kier alpha value is -0.820. The molecular formula is C15H23N. The fourth-order valence-corrected chi connectivity index (χ4v) is 2.80. The molecule has 1 heteroatoms. The van der Waals surface area contributed by atoms with Crippen molar-refractivity contribution in [1.82, 2.24) is 0 Å². The molecule has 0 unspecified atom stereocenters. The molecule has 16 heavy (non-hydrogen) atoms. The molecule has 1 aromatic carbocycles. The Morgan fingerprint density at radius 2 is 1.69 bits per heavy atom. The summed E-state index contributed by atoms with van der Waals surface area (Å²) in [6, 6.07) is 8.65. The molecule has 2 N–H and O–H groups in total. The van der Waals surface area contributed by atoms with Crippen LogP contribution in [0.25, 0.3) is 0 Å². The number of aryl methyl sites for hydroxylation is 1. The Morgan fingerprint density at radius 3 is 2.31 bits per heavy atom. The van der Waals surface area contributed by atoms with Crippen LogP contribution in [0.1, 0.15) is 49.7 Å². The molecule has 0 aromatic heterocycles. The van der Waals surface area contributed by atoms with Crippen molar-refractivity contribution in [3.63, 3.8) is 0 Å². The van der Waals surface area contributed by atoms with E-state index in [1.165, 1.54) is 49.7 Å². The van der Waals surface area contributed by atoms with Gasteiger partial charge < -0.3 is 5.73 Å². The summed E-state index contributed by atoms with van der Waals surface area (Å²) in [7, 11) is 0.